The van der Waals surface area contributed by atoms with Crippen LogP contribution in [-0.2, 0) is 6.54 Å². The summed E-state index contributed by atoms with van der Waals surface area (Å²) in [6, 6.07) is 19.2. The van der Waals surface area contributed by atoms with Gasteiger partial charge in [-0.15, -0.1) is 0 Å². The summed E-state index contributed by atoms with van der Waals surface area (Å²) in [5.41, 5.74) is 4.78. The van der Waals surface area contributed by atoms with Crippen LogP contribution in [0.2, 0.25) is 5.02 Å². The van der Waals surface area contributed by atoms with E-state index in [0.717, 1.165) is 33.7 Å². The van der Waals surface area contributed by atoms with Gasteiger partial charge in [0.05, 0.1) is 24.4 Å². The number of nitrogens with zero attached hydrogens (tertiary/aromatic N) is 3. The number of hydrogen-bond acceptors (Lipinski definition) is 5. The van der Waals surface area contributed by atoms with Gasteiger partial charge in [0, 0.05) is 16.3 Å². The van der Waals surface area contributed by atoms with Crippen LogP contribution < -0.4 is 5.32 Å². The molecule has 33 heavy (non-hydrogen) atoms. The Bertz CT molecular complexity index is 1330. The van der Waals surface area contributed by atoms with Crippen LogP contribution in [0.4, 0.5) is 0 Å². The molecule has 0 amide bonds. The van der Waals surface area contributed by atoms with Crippen LogP contribution >= 0.6 is 23.8 Å². The number of thiocarbonyl (C=S) groups is 1. The van der Waals surface area contributed by atoms with Crippen molar-refractivity contribution in [2.24, 2.45) is 0 Å². The van der Waals surface area contributed by atoms with Gasteiger partial charge in [0.25, 0.3) is 5.89 Å². The van der Waals surface area contributed by atoms with Crippen molar-refractivity contribution in [1.29, 1.82) is 0 Å². The van der Waals surface area contributed by atoms with E-state index in [2.05, 4.69) is 10.5 Å². The first-order chi connectivity index (χ1) is 16.0. The predicted molar refractivity (Wildman–Crippen MR) is 131 cm³/mol. The molecule has 1 N–H and O–H groups in total. The highest BCUT2D eigenvalue weighted by molar-refractivity contribution is 7.80. The molecule has 0 spiro atoms. The van der Waals surface area contributed by atoms with Gasteiger partial charge in [-0.05, 0) is 62.0 Å². The molecule has 1 unspecified atom stereocenters. The zero-order valence-electron chi connectivity index (χ0n) is 18.1. The van der Waals surface area contributed by atoms with Crippen molar-refractivity contribution in [2.45, 2.75) is 26.4 Å². The van der Waals surface area contributed by atoms with Crippen LogP contribution in [0.15, 0.2) is 81.6 Å². The summed E-state index contributed by atoms with van der Waals surface area (Å²) >= 11 is 11.9. The molecule has 1 aliphatic heterocycles. The quantitative estimate of drug-likeness (QED) is 0.346. The van der Waals surface area contributed by atoms with E-state index < -0.39 is 0 Å². The standard InChI is InChI=1S/C25H21ClN4O2S/c1-15-5-3-6-18(13-15)23-28-24(32-29-23)21-16(2)30(14-20-7-4-12-31-20)25(33)27-22(21)17-8-10-19(26)11-9-17/h3-13,22H,14H2,1-2H3,(H,27,33). The van der Waals surface area contributed by atoms with Crippen molar-refractivity contribution >= 4 is 34.5 Å². The Hall–Kier alpha value is -3.42. The van der Waals surface area contributed by atoms with Crippen LogP contribution in [0.5, 0.6) is 0 Å². The number of benzene rings is 2. The lowest BCUT2D eigenvalue weighted by molar-refractivity contribution is 0.382. The molecule has 0 bridgehead atoms. The molecular weight excluding hydrogens is 456 g/mol. The van der Waals surface area contributed by atoms with E-state index in [1.807, 2.05) is 79.4 Å². The molecule has 0 aliphatic carbocycles. The summed E-state index contributed by atoms with van der Waals surface area (Å²) in [5.74, 6) is 1.77. The summed E-state index contributed by atoms with van der Waals surface area (Å²) in [6.45, 7) is 4.53. The summed E-state index contributed by atoms with van der Waals surface area (Å²) < 4.78 is 11.3. The molecule has 0 fully saturated rings. The lowest BCUT2D eigenvalue weighted by Crippen LogP contribution is -2.45. The number of halogens is 1. The second-order valence-electron chi connectivity index (χ2n) is 7.89. The summed E-state index contributed by atoms with van der Waals surface area (Å²) in [6.07, 6.45) is 1.65. The molecule has 1 atom stereocenters. The Labute approximate surface area is 201 Å². The minimum absolute atomic E-state index is 0.270. The van der Waals surface area contributed by atoms with Gasteiger partial charge in [0.2, 0.25) is 5.82 Å². The van der Waals surface area contributed by atoms with E-state index in [1.165, 1.54) is 0 Å². The van der Waals surface area contributed by atoms with Gasteiger partial charge in [-0.3, -0.25) is 0 Å². The number of rotatable bonds is 5. The van der Waals surface area contributed by atoms with Gasteiger partial charge in [-0.25, -0.2) is 0 Å². The van der Waals surface area contributed by atoms with Gasteiger partial charge < -0.3 is 19.2 Å². The van der Waals surface area contributed by atoms with E-state index >= 15 is 0 Å². The van der Waals surface area contributed by atoms with Crippen molar-refractivity contribution < 1.29 is 8.94 Å². The molecule has 0 saturated carbocycles. The number of furan rings is 1. The van der Waals surface area contributed by atoms with Crippen molar-refractivity contribution in [2.75, 3.05) is 0 Å². The molecule has 5 rings (SSSR count). The Morgan fingerprint density at radius 1 is 1.09 bits per heavy atom. The first-order valence-corrected chi connectivity index (χ1v) is 11.3. The fourth-order valence-electron chi connectivity index (χ4n) is 3.95. The molecule has 0 radical (unpaired) electrons. The lowest BCUT2D eigenvalue weighted by atomic mass is 9.95. The summed E-state index contributed by atoms with van der Waals surface area (Å²) in [5, 5.41) is 8.95. The Morgan fingerprint density at radius 2 is 1.91 bits per heavy atom. The number of nitrogens with one attached hydrogen (secondary N) is 1. The SMILES string of the molecule is CC1=C(c2nc(-c3cccc(C)c3)no2)C(c2ccc(Cl)cc2)NC(=S)N1Cc1ccco1. The van der Waals surface area contributed by atoms with E-state index in [-0.39, 0.29) is 6.04 Å². The zero-order chi connectivity index (χ0) is 22.9. The van der Waals surface area contributed by atoms with Gasteiger partial charge >= 0.3 is 0 Å². The average Bonchev–Trinajstić information content (AvgIpc) is 3.49. The monoisotopic (exact) mass is 476 g/mol. The maximum atomic E-state index is 6.13. The van der Waals surface area contributed by atoms with Gasteiger partial charge in [-0.2, -0.15) is 4.98 Å². The minimum Gasteiger partial charge on any atom is -0.467 e. The first-order valence-electron chi connectivity index (χ1n) is 10.5. The molecule has 4 aromatic rings. The van der Waals surface area contributed by atoms with Crippen LogP contribution in [0.25, 0.3) is 17.0 Å². The predicted octanol–water partition coefficient (Wildman–Crippen LogP) is 6.15. The fourth-order valence-corrected chi connectivity index (χ4v) is 4.39. The smallest absolute Gasteiger partial charge is 0.258 e. The Balaban J connectivity index is 1.60. The van der Waals surface area contributed by atoms with Gasteiger partial charge in [-0.1, -0.05) is 52.7 Å². The van der Waals surface area contributed by atoms with Crippen molar-refractivity contribution in [3.8, 4) is 11.4 Å². The molecule has 166 valence electrons. The Morgan fingerprint density at radius 3 is 2.64 bits per heavy atom. The largest absolute Gasteiger partial charge is 0.467 e. The van der Waals surface area contributed by atoms with Crippen molar-refractivity contribution in [1.82, 2.24) is 20.4 Å². The van der Waals surface area contributed by atoms with Crippen LogP contribution in [0, 0.1) is 6.92 Å². The summed E-state index contributed by atoms with van der Waals surface area (Å²) in [7, 11) is 0. The van der Waals surface area contributed by atoms with Crippen LogP contribution in [0.1, 0.15) is 35.7 Å². The Kier molecular flexibility index (Phi) is 5.74. The highest BCUT2D eigenvalue weighted by Gasteiger charge is 2.34. The molecule has 2 aromatic heterocycles. The molecule has 3 heterocycles. The van der Waals surface area contributed by atoms with Gasteiger partial charge in [0.1, 0.15) is 5.76 Å². The molecule has 8 heteroatoms. The second kappa shape index (κ2) is 8.84. The molecule has 1 aliphatic rings. The third kappa shape index (κ3) is 4.29. The van der Waals surface area contributed by atoms with Gasteiger partial charge in [0.15, 0.2) is 5.11 Å². The van der Waals surface area contributed by atoms with E-state index in [1.54, 1.807) is 6.26 Å². The van der Waals surface area contributed by atoms with Crippen molar-refractivity contribution in [3.05, 3.63) is 100 Å². The highest BCUT2D eigenvalue weighted by Crippen LogP contribution is 2.38. The topological polar surface area (TPSA) is 67.3 Å². The third-order valence-corrected chi connectivity index (χ3v) is 6.22. The van der Waals surface area contributed by atoms with Crippen LogP contribution in [0.3, 0.4) is 0 Å². The normalized spacial score (nSPS) is 16.3. The van der Waals surface area contributed by atoms with Crippen LogP contribution in [-0.4, -0.2) is 20.2 Å². The number of aromatic nitrogens is 2. The second-order valence-corrected chi connectivity index (χ2v) is 8.71. The number of allylic oxidation sites excluding steroid dienone is 1. The number of hydrogen-bond donors (Lipinski definition) is 1. The third-order valence-electron chi connectivity index (χ3n) is 5.63. The highest BCUT2D eigenvalue weighted by atomic mass is 35.5. The fraction of sp³-hybridized carbons (Fsp3) is 0.160. The minimum atomic E-state index is -0.270. The zero-order valence-corrected chi connectivity index (χ0v) is 19.7. The summed E-state index contributed by atoms with van der Waals surface area (Å²) in [4.78, 5) is 6.73. The van der Waals surface area contributed by atoms with E-state index in [0.29, 0.717) is 28.4 Å². The molecule has 2 aromatic carbocycles. The first kappa shape index (κ1) is 21.4. The molecular formula is C25H21ClN4O2S. The average molecular weight is 477 g/mol. The molecule has 0 saturated heterocycles. The van der Waals surface area contributed by atoms with Crippen molar-refractivity contribution in [3.63, 3.8) is 0 Å². The maximum Gasteiger partial charge on any atom is 0.258 e. The van der Waals surface area contributed by atoms with E-state index in [9.17, 15) is 0 Å². The van der Waals surface area contributed by atoms with E-state index in [4.69, 9.17) is 37.7 Å². The maximum absolute atomic E-state index is 6.13. The molecule has 6 nitrogen and oxygen atoms in total. The lowest BCUT2D eigenvalue weighted by Gasteiger charge is -2.37. The number of aryl methyl sites for hydroxylation is 1.